The van der Waals surface area contributed by atoms with Crippen molar-refractivity contribution in [1.29, 1.82) is 0 Å². The average Bonchev–Trinajstić information content (AvgIpc) is 2.89. The fraction of sp³-hybridized carbons (Fsp3) is 0.364. The van der Waals surface area contributed by atoms with Crippen LogP contribution in [0.4, 0.5) is 0 Å². The maximum absolute atomic E-state index is 3.94. The molecule has 0 saturated carbocycles. The fourth-order valence-corrected chi connectivity index (χ4v) is 3.15. The van der Waals surface area contributed by atoms with Crippen molar-refractivity contribution < 1.29 is 0 Å². The second-order valence-electron chi connectivity index (χ2n) is 3.94. The summed E-state index contributed by atoms with van der Waals surface area (Å²) in [6, 6.07) is 8.95. The Balaban J connectivity index is 1.72. The van der Waals surface area contributed by atoms with Crippen molar-refractivity contribution in [2.75, 3.05) is 5.75 Å². The van der Waals surface area contributed by atoms with E-state index < -0.39 is 0 Å². The minimum Gasteiger partial charge on any atom is -0.303 e. The second-order valence-corrected chi connectivity index (χ2v) is 5.07. The summed E-state index contributed by atoms with van der Waals surface area (Å²) in [6.07, 6.45) is 1.14. The molecule has 2 heterocycles. The van der Waals surface area contributed by atoms with E-state index in [1.165, 1.54) is 10.5 Å². The van der Waals surface area contributed by atoms with E-state index in [9.17, 15) is 0 Å². The first-order chi connectivity index (χ1) is 8.43. The number of aromatic amines is 1. The largest absolute Gasteiger partial charge is 0.303 e. The topological polar surface area (TPSA) is 66.5 Å². The summed E-state index contributed by atoms with van der Waals surface area (Å²) in [5, 5.41) is 17.4. The number of fused-ring (bicyclic) bond motifs is 1. The number of nitrogens with one attached hydrogen (secondary N) is 2. The number of tetrazole rings is 1. The quantitative estimate of drug-likeness (QED) is 0.861. The number of thioether (sulfide) groups is 1. The van der Waals surface area contributed by atoms with Gasteiger partial charge in [0.2, 0.25) is 0 Å². The van der Waals surface area contributed by atoms with Crippen LogP contribution in [-0.2, 0) is 6.54 Å². The molecule has 2 N–H and O–H groups in total. The summed E-state index contributed by atoms with van der Waals surface area (Å²) in [4.78, 5) is 1.38. The van der Waals surface area contributed by atoms with Gasteiger partial charge in [0.15, 0.2) is 5.82 Å². The summed E-state index contributed by atoms with van der Waals surface area (Å²) < 4.78 is 0. The first-order valence-corrected chi connectivity index (χ1v) is 6.59. The van der Waals surface area contributed by atoms with Crippen LogP contribution < -0.4 is 5.32 Å². The van der Waals surface area contributed by atoms with E-state index in [4.69, 9.17) is 0 Å². The minimum absolute atomic E-state index is 0.394. The lowest BCUT2D eigenvalue weighted by molar-refractivity contribution is 0.500. The molecule has 0 fully saturated rings. The summed E-state index contributed by atoms with van der Waals surface area (Å²) >= 11 is 1.93. The van der Waals surface area contributed by atoms with Gasteiger partial charge in [-0.25, -0.2) is 0 Å². The Morgan fingerprint density at radius 3 is 3.24 bits per heavy atom. The summed E-state index contributed by atoms with van der Waals surface area (Å²) in [5.74, 6) is 1.86. The molecule has 3 rings (SSSR count). The SMILES string of the molecule is c1ccc2c(c1)SCCC2NCc1nn[nH]n1. The number of hydrogen-bond acceptors (Lipinski definition) is 5. The molecule has 17 heavy (non-hydrogen) atoms. The number of benzene rings is 1. The van der Waals surface area contributed by atoms with Crippen LogP contribution in [0.5, 0.6) is 0 Å². The Morgan fingerprint density at radius 2 is 2.35 bits per heavy atom. The molecule has 1 aromatic heterocycles. The number of aromatic nitrogens is 4. The summed E-state index contributed by atoms with van der Waals surface area (Å²) in [7, 11) is 0. The Hall–Kier alpha value is -1.40. The van der Waals surface area contributed by atoms with E-state index >= 15 is 0 Å². The van der Waals surface area contributed by atoms with Gasteiger partial charge >= 0.3 is 0 Å². The van der Waals surface area contributed by atoms with E-state index in [-0.39, 0.29) is 0 Å². The van der Waals surface area contributed by atoms with Crippen LogP contribution in [0.2, 0.25) is 0 Å². The maximum Gasteiger partial charge on any atom is 0.188 e. The van der Waals surface area contributed by atoms with Gasteiger partial charge in [0.25, 0.3) is 0 Å². The molecule has 0 amide bonds. The molecule has 0 saturated heterocycles. The monoisotopic (exact) mass is 247 g/mol. The van der Waals surface area contributed by atoms with Gasteiger partial charge in [0.1, 0.15) is 0 Å². The van der Waals surface area contributed by atoms with E-state index in [0.29, 0.717) is 18.4 Å². The zero-order valence-corrected chi connectivity index (χ0v) is 10.1. The van der Waals surface area contributed by atoms with Gasteiger partial charge < -0.3 is 5.32 Å². The molecule has 0 radical (unpaired) electrons. The lowest BCUT2D eigenvalue weighted by Gasteiger charge is -2.25. The molecule has 1 unspecified atom stereocenters. The zero-order valence-electron chi connectivity index (χ0n) is 9.26. The van der Waals surface area contributed by atoms with Crippen molar-refractivity contribution >= 4 is 11.8 Å². The van der Waals surface area contributed by atoms with Gasteiger partial charge in [-0.05, 0) is 23.8 Å². The van der Waals surface area contributed by atoms with Crippen molar-refractivity contribution in [3.05, 3.63) is 35.7 Å². The molecule has 1 aliphatic heterocycles. The lowest BCUT2D eigenvalue weighted by atomic mass is 10.0. The van der Waals surface area contributed by atoms with Gasteiger partial charge in [-0.1, -0.05) is 23.4 Å². The first kappa shape index (κ1) is 10.7. The van der Waals surface area contributed by atoms with Crippen LogP contribution >= 0.6 is 11.8 Å². The van der Waals surface area contributed by atoms with Crippen molar-refractivity contribution in [1.82, 2.24) is 25.9 Å². The molecule has 1 atom stereocenters. The Bertz CT molecular complexity index is 484. The molecular formula is C11H13N5S. The predicted molar refractivity (Wildman–Crippen MR) is 65.5 cm³/mol. The molecule has 0 spiro atoms. The maximum atomic E-state index is 3.94. The Kier molecular flexibility index (Phi) is 3.06. The highest BCUT2D eigenvalue weighted by atomic mass is 32.2. The predicted octanol–water partition coefficient (Wildman–Crippen LogP) is 1.53. The van der Waals surface area contributed by atoms with Crippen molar-refractivity contribution in [3.8, 4) is 0 Å². The van der Waals surface area contributed by atoms with E-state index in [1.54, 1.807) is 0 Å². The minimum atomic E-state index is 0.394. The van der Waals surface area contributed by atoms with Gasteiger partial charge in [0, 0.05) is 10.9 Å². The first-order valence-electron chi connectivity index (χ1n) is 5.61. The smallest absolute Gasteiger partial charge is 0.188 e. The molecule has 88 valence electrons. The normalized spacial score (nSPS) is 18.9. The van der Waals surface area contributed by atoms with Crippen LogP contribution in [-0.4, -0.2) is 26.4 Å². The second kappa shape index (κ2) is 4.85. The van der Waals surface area contributed by atoms with E-state index in [1.807, 2.05) is 11.8 Å². The molecule has 0 bridgehead atoms. The van der Waals surface area contributed by atoms with Crippen molar-refractivity contribution in [3.63, 3.8) is 0 Å². The van der Waals surface area contributed by atoms with Crippen LogP contribution in [0.3, 0.4) is 0 Å². The fourth-order valence-electron chi connectivity index (χ4n) is 2.03. The highest BCUT2D eigenvalue weighted by Gasteiger charge is 2.19. The molecule has 0 aliphatic carbocycles. The summed E-state index contributed by atoms with van der Waals surface area (Å²) in [6.45, 7) is 0.653. The molecule has 6 heteroatoms. The van der Waals surface area contributed by atoms with E-state index in [0.717, 1.165) is 12.2 Å². The number of nitrogens with zero attached hydrogens (tertiary/aromatic N) is 3. The van der Waals surface area contributed by atoms with Crippen molar-refractivity contribution in [2.45, 2.75) is 23.9 Å². The zero-order chi connectivity index (χ0) is 11.5. The Morgan fingerprint density at radius 1 is 1.41 bits per heavy atom. The van der Waals surface area contributed by atoms with Crippen LogP contribution in [0.15, 0.2) is 29.2 Å². The van der Waals surface area contributed by atoms with Crippen LogP contribution in [0, 0.1) is 0 Å². The molecule has 1 aliphatic rings. The average molecular weight is 247 g/mol. The lowest BCUT2D eigenvalue weighted by Crippen LogP contribution is -2.24. The van der Waals surface area contributed by atoms with Gasteiger partial charge in [-0.3, -0.25) is 0 Å². The Labute approximate surface area is 103 Å². The number of rotatable bonds is 3. The third-order valence-electron chi connectivity index (χ3n) is 2.85. The highest BCUT2D eigenvalue weighted by Crippen LogP contribution is 2.35. The molecule has 2 aromatic rings. The third kappa shape index (κ3) is 2.32. The van der Waals surface area contributed by atoms with E-state index in [2.05, 4.69) is 50.2 Å². The standard InChI is InChI=1S/C11H13N5S/c1-2-4-10-8(3-1)9(5-6-17-10)12-7-11-13-15-16-14-11/h1-4,9,12H,5-7H2,(H,13,14,15,16). The number of hydrogen-bond donors (Lipinski definition) is 2. The van der Waals surface area contributed by atoms with Crippen molar-refractivity contribution in [2.24, 2.45) is 0 Å². The number of H-pyrrole nitrogens is 1. The molecule has 1 aromatic carbocycles. The van der Waals surface area contributed by atoms with Crippen LogP contribution in [0.25, 0.3) is 0 Å². The van der Waals surface area contributed by atoms with Gasteiger partial charge in [-0.15, -0.1) is 22.0 Å². The summed E-state index contributed by atoms with van der Waals surface area (Å²) in [5.41, 5.74) is 1.38. The highest BCUT2D eigenvalue weighted by molar-refractivity contribution is 7.99. The molecule has 5 nitrogen and oxygen atoms in total. The van der Waals surface area contributed by atoms with Gasteiger partial charge in [-0.2, -0.15) is 5.21 Å². The third-order valence-corrected chi connectivity index (χ3v) is 3.98. The van der Waals surface area contributed by atoms with Gasteiger partial charge in [0.05, 0.1) is 6.54 Å². The molecular weight excluding hydrogens is 234 g/mol. The van der Waals surface area contributed by atoms with Crippen LogP contribution in [0.1, 0.15) is 23.9 Å².